The van der Waals surface area contributed by atoms with Crippen molar-refractivity contribution in [3.63, 3.8) is 0 Å². The lowest BCUT2D eigenvalue weighted by molar-refractivity contribution is 0.189. The third kappa shape index (κ3) is 3.05. The molecule has 0 radical (unpaired) electrons. The molecule has 1 aromatic carbocycles. The van der Waals surface area contributed by atoms with Gasteiger partial charge in [-0.15, -0.1) is 0 Å². The molecule has 2 unspecified atom stereocenters. The molecule has 0 heterocycles. The van der Waals surface area contributed by atoms with Gasteiger partial charge in [0.2, 0.25) is 0 Å². The van der Waals surface area contributed by atoms with Crippen LogP contribution in [0.2, 0.25) is 0 Å². The smallest absolute Gasteiger partial charge is 0.0328 e. The standard InChI is InChI=1S/C17H24BrN/c1-17(2)9-3-4-14(11-17)19-16-8-5-12-10-13(18)6-7-15(12)16/h6-7,10,14,16,19H,3-5,8-9,11H2,1-2H3. The molecule has 1 nitrogen and oxygen atoms in total. The van der Waals surface area contributed by atoms with E-state index in [-0.39, 0.29) is 0 Å². The molecular formula is C17H24BrN. The van der Waals surface area contributed by atoms with Gasteiger partial charge in [-0.3, -0.25) is 0 Å². The van der Waals surface area contributed by atoms with E-state index in [1.807, 2.05) is 0 Å². The first-order valence-corrected chi connectivity index (χ1v) is 8.37. The molecule has 3 rings (SSSR count). The summed E-state index contributed by atoms with van der Waals surface area (Å²) in [6.45, 7) is 4.83. The predicted octanol–water partition coefficient (Wildman–Crippen LogP) is 4.99. The van der Waals surface area contributed by atoms with Crippen molar-refractivity contribution >= 4 is 15.9 Å². The van der Waals surface area contributed by atoms with Gasteiger partial charge in [0, 0.05) is 16.6 Å². The van der Waals surface area contributed by atoms with Gasteiger partial charge < -0.3 is 5.32 Å². The molecule has 2 aliphatic carbocycles. The first-order valence-electron chi connectivity index (χ1n) is 7.58. The molecule has 19 heavy (non-hydrogen) atoms. The zero-order chi connectivity index (χ0) is 13.5. The molecule has 1 fully saturated rings. The molecule has 1 saturated carbocycles. The fourth-order valence-electron chi connectivity index (χ4n) is 3.88. The van der Waals surface area contributed by atoms with Crippen LogP contribution in [0, 0.1) is 5.41 Å². The highest BCUT2D eigenvalue weighted by molar-refractivity contribution is 9.10. The first-order chi connectivity index (χ1) is 9.03. The molecule has 2 atom stereocenters. The number of benzene rings is 1. The maximum Gasteiger partial charge on any atom is 0.0328 e. The van der Waals surface area contributed by atoms with Crippen molar-refractivity contribution in [2.45, 2.75) is 64.5 Å². The van der Waals surface area contributed by atoms with E-state index in [0.29, 0.717) is 17.5 Å². The number of rotatable bonds is 2. The molecule has 2 aliphatic rings. The highest BCUT2D eigenvalue weighted by Gasteiger charge is 2.31. The molecule has 1 N–H and O–H groups in total. The van der Waals surface area contributed by atoms with Gasteiger partial charge in [-0.1, -0.05) is 42.3 Å². The van der Waals surface area contributed by atoms with Crippen LogP contribution < -0.4 is 5.32 Å². The van der Waals surface area contributed by atoms with E-state index in [2.05, 4.69) is 53.3 Å². The summed E-state index contributed by atoms with van der Waals surface area (Å²) in [4.78, 5) is 0. The Morgan fingerprint density at radius 3 is 2.89 bits per heavy atom. The summed E-state index contributed by atoms with van der Waals surface area (Å²) < 4.78 is 1.21. The molecule has 2 heteroatoms. The van der Waals surface area contributed by atoms with Crippen LogP contribution in [0.25, 0.3) is 0 Å². The summed E-state index contributed by atoms with van der Waals surface area (Å²) >= 11 is 3.58. The Labute approximate surface area is 125 Å². The number of aryl methyl sites for hydroxylation is 1. The SMILES string of the molecule is CC1(C)CCCC(NC2CCc3cc(Br)ccc32)C1. The second kappa shape index (κ2) is 5.21. The van der Waals surface area contributed by atoms with E-state index in [1.54, 1.807) is 0 Å². The third-order valence-electron chi connectivity index (χ3n) is 4.82. The van der Waals surface area contributed by atoms with Crippen LogP contribution in [-0.4, -0.2) is 6.04 Å². The van der Waals surface area contributed by atoms with E-state index in [1.165, 1.54) is 54.1 Å². The van der Waals surface area contributed by atoms with Gasteiger partial charge in [-0.2, -0.15) is 0 Å². The number of nitrogens with one attached hydrogen (secondary N) is 1. The first kappa shape index (κ1) is 13.6. The maximum atomic E-state index is 3.93. The molecular weight excluding hydrogens is 298 g/mol. The van der Waals surface area contributed by atoms with E-state index >= 15 is 0 Å². The highest BCUT2D eigenvalue weighted by atomic mass is 79.9. The van der Waals surface area contributed by atoms with Crippen LogP contribution in [0.15, 0.2) is 22.7 Å². The Balaban J connectivity index is 1.69. The molecule has 0 bridgehead atoms. The molecule has 0 aliphatic heterocycles. The second-order valence-electron chi connectivity index (χ2n) is 7.06. The minimum atomic E-state index is 0.525. The van der Waals surface area contributed by atoms with Crippen LogP contribution in [0.5, 0.6) is 0 Å². The van der Waals surface area contributed by atoms with E-state index in [0.717, 1.165) is 0 Å². The summed E-state index contributed by atoms with van der Waals surface area (Å²) in [5.74, 6) is 0. The van der Waals surface area contributed by atoms with Crippen LogP contribution in [0.3, 0.4) is 0 Å². The summed E-state index contributed by atoms with van der Waals surface area (Å²) in [5, 5.41) is 3.93. The van der Waals surface area contributed by atoms with Crippen molar-refractivity contribution in [2.75, 3.05) is 0 Å². The predicted molar refractivity (Wildman–Crippen MR) is 84.4 cm³/mol. The summed E-state index contributed by atoms with van der Waals surface area (Å²) in [6, 6.07) is 8.08. The average molecular weight is 322 g/mol. The molecule has 0 saturated heterocycles. The minimum Gasteiger partial charge on any atom is -0.307 e. The third-order valence-corrected chi connectivity index (χ3v) is 5.32. The Morgan fingerprint density at radius 1 is 1.26 bits per heavy atom. The zero-order valence-corrected chi connectivity index (χ0v) is 13.6. The number of halogens is 1. The van der Waals surface area contributed by atoms with Gasteiger partial charge >= 0.3 is 0 Å². The molecule has 104 valence electrons. The van der Waals surface area contributed by atoms with E-state index in [9.17, 15) is 0 Å². The minimum absolute atomic E-state index is 0.525. The maximum absolute atomic E-state index is 3.93. The topological polar surface area (TPSA) is 12.0 Å². The number of fused-ring (bicyclic) bond motifs is 1. The molecule has 0 spiro atoms. The lowest BCUT2D eigenvalue weighted by Gasteiger charge is -2.37. The van der Waals surface area contributed by atoms with Crippen LogP contribution in [-0.2, 0) is 6.42 Å². The number of hydrogen-bond acceptors (Lipinski definition) is 1. The van der Waals surface area contributed by atoms with Gasteiger partial charge in [0.15, 0.2) is 0 Å². The lowest BCUT2D eigenvalue weighted by atomic mass is 9.75. The monoisotopic (exact) mass is 321 g/mol. The van der Waals surface area contributed by atoms with Gasteiger partial charge in [-0.05, 0) is 60.8 Å². The van der Waals surface area contributed by atoms with E-state index in [4.69, 9.17) is 0 Å². The van der Waals surface area contributed by atoms with Crippen molar-refractivity contribution in [1.82, 2.24) is 5.32 Å². The van der Waals surface area contributed by atoms with Crippen molar-refractivity contribution in [3.8, 4) is 0 Å². The van der Waals surface area contributed by atoms with Crippen molar-refractivity contribution in [2.24, 2.45) is 5.41 Å². The Kier molecular flexibility index (Phi) is 3.74. The van der Waals surface area contributed by atoms with E-state index < -0.39 is 0 Å². The normalized spacial score (nSPS) is 29.2. The molecule has 0 aromatic heterocycles. The lowest BCUT2D eigenvalue weighted by Crippen LogP contribution is -2.38. The van der Waals surface area contributed by atoms with Gasteiger partial charge in [0.1, 0.15) is 0 Å². The fraction of sp³-hybridized carbons (Fsp3) is 0.647. The van der Waals surface area contributed by atoms with Gasteiger partial charge in [0.05, 0.1) is 0 Å². The highest BCUT2D eigenvalue weighted by Crippen LogP contribution is 2.38. The average Bonchev–Trinajstić information content (AvgIpc) is 2.70. The fourth-order valence-corrected chi connectivity index (χ4v) is 4.29. The van der Waals surface area contributed by atoms with Crippen molar-refractivity contribution in [3.05, 3.63) is 33.8 Å². The largest absolute Gasteiger partial charge is 0.307 e. The summed E-state index contributed by atoms with van der Waals surface area (Å²) in [5.41, 5.74) is 3.59. The Bertz CT molecular complexity index is 466. The second-order valence-corrected chi connectivity index (χ2v) is 7.97. The Morgan fingerprint density at radius 2 is 2.11 bits per heavy atom. The zero-order valence-electron chi connectivity index (χ0n) is 12.0. The quantitative estimate of drug-likeness (QED) is 0.808. The Hall–Kier alpha value is -0.340. The van der Waals surface area contributed by atoms with Crippen LogP contribution >= 0.6 is 15.9 Å². The van der Waals surface area contributed by atoms with Crippen molar-refractivity contribution in [1.29, 1.82) is 0 Å². The van der Waals surface area contributed by atoms with Crippen LogP contribution in [0.4, 0.5) is 0 Å². The molecule has 0 amide bonds. The van der Waals surface area contributed by atoms with Crippen LogP contribution in [0.1, 0.15) is 63.1 Å². The molecule has 1 aromatic rings. The van der Waals surface area contributed by atoms with Gasteiger partial charge in [-0.25, -0.2) is 0 Å². The van der Waals surface area contributed by atoms with Gasteiger partial charge in [0.25, 0.3) is 0 Å². The number of hydrogen-bond donors (Lipinski definition) is 1. The summed E-state index contributed by atoms with van der Waals surface area (Å²) in [7, 11) is 0. The van der Waals surface area contributed by atoms with Crippen molar-refractivity contribution < 1.29 is 0 Å². The summed E-state index contributed by atoms with van der Waals surface area (Å²) in [6.07, 6.45) is 7.94.